The molecule has 24 heavy (non-hydrogen) atoms. The summed E-state index contributed by atoms with van der Waals surface area (Å²) in [6, 6.07) is 4.89. The van der Waals surface area contributed by atoms with Crippen molar-refractivity contribution in [3.63, 3.8) is 0 Å². The monoisotopic (exact) mass is 327 g/mol. The molecule has 1 amide bonds. The molecule has 2 atom stereocenters. The lowest BCUT2D eigenvalue weighted by Gasteiger charge is -2.30. The van der Waals surface area contributed by atoms with Crippen molar-refractivity contribution in [2.24, 2.45) is 5.92 Å². The Kier molecular flexibility index (Phi) is 3.38. The van der Waals surface area contributed by atoms with E-state index >= 15 is 0 Å². The van der Waals surface area contributed by atoms with E-state index in [9.17, 15) is 14.7 Å². The van der Waals surface area contributed by atoms with Gasteiger partial charge in [-0.25, -0.2) is 4.98 Å². The fourth-order valence-electron chi connectivity index (χ4n) is 3.60. The van der Waals surface area contributed by atoms with Gasteiger partial charge >= 0.3 is 0 Å². The van der Waals surface area contributed by atoms with Crippen molar-refractivity contribution in [3.8, 4) is 0 Å². The topological polar surface area (TPSA) is 95.5 Å². The van der Waals surface area contributed by atoms with Crippen LogP contribution in [-0.4, -0.2) is 46.0 Å². The molecule has 0 aliphatic carbocycles. The molecule has 1 fully saturated rings. The van der Waals surface area contributed by atoms with Gasteiger partial charge in [0.15, 0.2) is 11.5 Å². The molecule has 2 aliphatic heterocycles. The number of benzene rings is 1. The minimum atomic E-state index is -0.549. The zero-order valence-corrected chi connectivity index (χ0v) is 13.2. The molecule has 0 spiro atoms. The van der Waals surface area contributed by atoms with E-state index in [0.717, 1.165) is 17.5 Å². The van der Waals surface area contributed by atoms with Crippen molar-refractivity contribution in [1.29, 1.82) is 0 Å². The van der Waals surface area contributed by atoms with E-state index in [0.29, 0.717) is 18.9 Å². The number of carbonyl (C=O) groups excluding carboxylic acids is 2. The van der Waals surface area contributed by atoms with Crippen molar-refractivity contribution in [1.82, 2.24) is 9.97 Å². The van der Waals surface area contributed by atoms with E-state index in [2.05, 4.69) is 9.97 Å². The largest absolute Gasteiger partial charge is 0.503 e. The number of amides is 1. The van der Waals surface area contributed by atoms with Gasteiger partial charge in [-0.3, -0.25) is 14.5 Å². The first kappa shape index (κ1) is 14.9. The number of aliphatic hydroxyl groups excluding tert-OH is 1. The maximum atomic E-state index is 12.7. The molecule has 4 rings (SSSR count). The van der Waals surface area contributed by atoms with E-state index in [-0.39, 0.29) is 17.3 Å². The third-order valence-corrected chi connectivity index (χ3v) is 4.72. The number of hydrogen-bond donors (Lipinski definition) is 2. The van der Waals surface area contributed by atoms with Crippen LogP contribution in [0, 0.1) is 5.92 Å². The number of aliphatic hydroxyl groups is 1. The lowest BCUT2D eigenvalue weighted by atomic mass is 9.90. The zero-order valence-electron chi connectivity index (χ0n) is 13.2. The highest BCUT2D eigenvalue weighted by Gasteiger charge is 2.47. The van der Waals surface area contributed by atoms with Crippen LogP contribution in [0.3, 0.4) is 0 Å². The summed E-state index contributed by atoms with van der Waals surface area (Å²) in [4.78, 5) is 33.4. The first-order valence-corrected chi connectivity index (χ1v) is 7.86. The van der Waals surface area contributed by atoms with Crippen LogP contribution >= 0.6 is 0 Å². The number of nitrogens with zero attached hydrogens (tertiary/aromatic N) is 2. The number of fused-ring (bicyclic) bond motifs is 1. The van der Waals surface area contributed by atoms with E-state index < -0.39 is 17.7 Å². The van der Waals surface area contributed by atoms with Gasteiger partial charge in [-0.05, 0) is 31.5 Å². The molecule has 2 N–H and O–H groups in total. The number of nitrogens with one attached hydrogen (secondary N) is 1. The second kappa shape index (κ2) is 5.45. The number of Topliss-reactive ketones (excluding diaryl/α,β-unsaturated/α-hetero) is 1. The molecule has 7 nitrogen and oxygen atoms in total. The Balaban J connectivity index is 1.82. The summed E-state index contributed by atoms with van der Waals surface area (Å²) < 4.78 is 5.44. The van der Waals surface area contributed by atoms with Crippen molar-refractivity contribution in [2.45, 2.75) is 19.4 Å². The van der Waals surface area contributed by atoms with Crippen LogP contribution in [0.15, 0.2) is 35.9 Å². The van der Waals surface area contributed by atoms with Gasteiger partial charge in [-0.1, -0.05) is 0 Å². The lowest BCUT2D eigenvalue weighted by molar-refractivity contribution is -0.117. The molecule has 3 heterocycles. The van der Waals surface area contributed by atoms with Gasteiger partial charge in [0.05, 0.1) is 35.6 Å². The molecule has 2 aromatic rings. The Morgan fingerprint density at radius 2 is 2.29 bits per heavy atom. The third-order valence-electron chi connectivity index (χ3n) is 4.72. The molecular weight excluding hydrogens is 310 g/mol. The van der Waals surface area contributed by atoms with Gasteiger partial charge in [0.2, 0.25) is 0 Å². The fraction of sp³-hybridized carbons (Fsp3) is 0.353. The lowest BCUT2D eigenvalue weighted by Crippen LogP contribution is -2.42. The standard InChI is InChI=1S/C17H17N3O4/c1-9(21)14-15(10-4-5-24-7-10)20(17(23)16(14)22)11-2-3-12-13(6-11)19-8-18-12/h2-3,6,8,10,15,22H,4-5,7H2,1H3,(H,18,19). The molecule has 1 aromatic carbocycles. The Hall–Kier alpha value is -2.67. The summed E-state index contributed by atoms with van der Waals surface area (Å²) in [5.74, 6) is -1.32. The molecule has 0 bridgehead atoms. The maximum absolute atomic E-state index is 12.7. The minimum absolute atomic E-state index is 0.0209. The second-order valence-corrected chi connectivity index (χ2v) is 6.17. The minimum Gasteiger partial charge on any atom is -0.503 e. The van der Waals surface area contributed by atoms with E-state index in [1.54, 1.807) is 18.5 Å². The number of rotatable bonds is 3. The zero-order chi connectivity index (χ0) is 16.8. The van der Waals surface area contributed by atoms with Crippen LogP contribution < -0.4 is 4.90 Å². The highest BCUT2D eigenvalue weighted by Crippen LogP contribution is 2.38. The average Bonchev–Trinajstić information content (AvgIpc) is 3.27. The summed E-state index contributed by atoms with van der Waals surface area (Å²) in [6.07, 6.45) is 2.32. The number of imidazole rings is 1. The molecule has 124 valence electrons. The van der Waals surface area contributed by atoms with E-state index in [1.165, 1.54) is 11.8 Å². The number of H-pyrrole nitrogens is 1. The Morgan fingerprint density at radius 1 is 1.46 bits per heavy atom. The number of anilines is 1. The van der Waals surface area contributed by atoms with Crippen molar-refractivity contribution in [3.05, 3.63) is 35.9 Å². The Morgan fingerprint density at radius 3 is 3.00 bits per heavy atom. The average molecular weight is 327 g/mol. The van der Waals surface area contributed by atoms with Crippen molar-refractivity contribution < 1.29 is 19.4 Å². The molecule has 0 radical (unpaired) electrons. The number of hydrogen-bond acceptors (Lipinski definition) is 5. The molecule has 1 aromatic heterocycles. The molecule has 0 saturated carbocycles. The maximum Gasteiger partial charge on any atom is 0.294 e. The summed E-state index contributed by atoms with van der Waals surface area (Å²) in [7, 11) is 0. The van der Waals surface area contributed by atoms with Crippen molar-refractivity contribution in [2.75, 3.05) is 18.1 Å². The van der Waals surface area contributed by atoms with Crippen molar-refractivity contribution >= 4 is 28.4 Å². The normalized spacial score (nSPS) is 24.4. The van der Waals surface area contributed by atoms with E-state index in [1.807, 2.05) is 6.07 Å². The summed E-state index contributed by atoms with van der Waals surface area (Å²) >= 11 is 0. The predicted octanol–water partition coefficient (Wildman–Crippen LogP) is 1.72. The molecule has 2 aliphatic rings. The predicted molar refractivity (Wildman–Crippen MR) is 86.6 cm³/mol. The number of aromatic amines is 1. The highest BCUT2D eigenvalue weighted by molar-refractivity contribution is 6.16. The molecule has 2 unspecified atom stereocenters. The smallest absolute Gasteiger partial charge is 0.294 e. The summed E-state index contributed by atoms with van der Waals surface area (Å²) in [5, 5.41) is 10.3. The third kappa shape index (κ3) is 2.12. The first-order valence-electron chi connectivity index (χ1n) is 7.86. The summed E-state index contributed by atoms with van der Waals surface area (Å²) in [5.41, 5.74) is 2.37. The van der Waals surface area contributed by atoms with Crippen LogP contribution in [0.5, 0.6) is 0 Å². The number of ketones is 1. The first-order chi connectivity index (χ1) is 11.6. The number of ether oxygens (including phenoxy) is 1. The highest BCUT2D eigenvalue weighted by atomic mass is 16.5. The quantitative estimate of drug-likeness (QED) is 0.895. The second-order valence-electron chi connectivity index (χ2n) is 6.17. The van der Waals surface area contributed by atoms with Gasteiger partial charge in [0.1, 0.15) is 0 Å². The van der Waals surface area contributed by atoms with Gasteiger partial charge in [0, 0.05) is 18.2 Å². The van der Waals surface area contributed by atoms with E-state index in [4.69, 9.17) is 4.74 Å². The number of aromatic nitrogens is 2. The number of carbonyl (C=O) groups is 2. The molecule has 1 saturated heterocycles. The Labute approximate surface area is 137 Å². The van der Waals surface area contributed by atoms with Crippen LogP contribution in [0.1, 0.15) is 13.3 Å². The molecule has 7 heteroatoms. The summed E-state index contributed by atoms with van der Waals surface area (Å²) in [6.45, 7) is 2.43. The van der Waals surface area contributed by atoms with Crippen LogP contribution in [-0.2, 0) is 14.3 Å². The van der Waals surface area contributed by atoms with Crippen LogP contribution in [0.25, 0.3) is 11.0 Å². The van der Waals surface area contributed by atoms with Gasteiger partial charge in [0.25, 0.3) is 5.91 Å². The van der Waals surface area contributed by atoms with Gasteiger partial charge in [-0.2, -0.15) is 0 Å². The SMILES string of the molecule is CC(=O)C1=C(O)C(=O)N(c2ccc3[nH]cnc3c2)C1C1CCOC1. The van der Waals surface area contributed by atoms with Gasteiger partial charge < -0.3 is 14.8 Å². The molecular formula is C17H17N3O4. The Bertz CT molecular complexity index is 864. The van der Waals surface area contributed by atoms with Crippen LogP contribution in [0.2, 0.25) is 0 Å². The van der Waals surface area contributed by atoms with Gasteiger partial charge in [-0.15, -0.1) is 0 Å². The fourth-order valence-corrected chi connectivity index (χ4v) is 3.60. The van der Waals surface area contributed by atoms with Crippen LogP contribution in [0.4, 0.5) is 5.69 Å².